The smallest absolute Gasteiger partial charge is 0.229 e. The van der Waals surface area contributed by atoms with Crippen LogP contribution in [-0.2, 0) is 20.9 Å². The molecule has 2 aliphatic carbocycles. The largest absolute Gasteiger partial charge is 0.390 e. The van der Waals surface area contributed by atoms with Crippen LogP contribution in [-0.4, -0.2) is 86.1 Å². The van der Waals surface area contributed by atoms with Gasteiger partial charge in [0.2, 0.25) is 11.8 Å². The fraction of sp³-hybridized carbons (Fsp3) is 0.536. The van der Waals surface area contributed by atoms with Crippen LogP contribution in [0.15, 0.2) is 30.6 Å². The van der Waals surface area contributed by atoms with Crippen LogP contribution in [0, 0.1) is 5.92 Å². The van der Waals surface area contributed by atoms with Crippen molar-refractivity contribution < 1.29 is 19.4 Å². The Labute approximate surface area is 231 Å². The Morgan fingerprint density at radius 1 is 1.10 bits per heavy atom. The number of aliphatic hydroxyl groups excluding tert-OH is 1. The number of aromatic nitrogens is 3. The van der Waals surface area contributed by atoms with Crippen molar-refractivity contribution >= 4 is 38.5 Å². The first-order valence-corrected chi connectivity index (χ1v) is 14.6. The van der Waals surface area contributed by atoms with Crippen LogP contribution >= 0.6 is 11.3 Å². The van der Waals surface area contributed by atoms with E-state index in [0.717, 1.165) is 79.6 Å². The molecule has 11 heteroatoms. The van der Waals surface area contributed by atoms with E-state index in [1.807, 2.05) is 23.1 Å². The van der Waals surface area contributed by atoms with Crippen LogP contribution in [0.3, 0.4) is 0 Å². The molecule has 3 aromatic rings. The molecule has 2 saturated carbocycles. The number of nitrogens with one attached hydrogen (secondary N) is 1. The fourth-order valence-electron chi connectivity index (χ4n) is 5.73. The maximum atomic E-state index is 12.9. The van der Waals surface area contributed by atoms with Crippen LogP contribution in [0.25, 0.3) is 21.3 Å². The minimum atomic E-state index is -0.392. The topological polar surface area (TPSA) is 121 Å². The van der Waals surface area contributed by atoms with E-state index in [4.69, 9.17) is 4.74 Å². The number of anilines is 1. The monoisotopic (exact) mass is 550 g/mol. The molecule has 10 nitrogen and oxygen atoms in total. The van der Waals surface area contributed by atoms with Gasteiger partial charge in [-0.15, -0.1) is 0 Å². The average molecular weight is 551 g/mol. The summed E-state index contributed by atoms with van der Waals surface area (Å²) in [6.45, 7) is 5.21. The number of thiazole rings is 1. The second kappa shape index (κ2) is 11.2. The predicted octanol–water partition coefficient (Wildman–Crippen LogP) is 3.06. The SMILES string of the molecule is CC(=O)N1CCN(C2CC(C(=O)Nc3nc4ccc(-c5cnc(CO[C@H]6CCC[C@@H]6O)nc5)cc4s3)C2)CC1. The van der Waals surface area contributed by atoms with Crippen molar-refractivity contribution in [3.8, 4) is 11.1 Å². The van der Waals surface area contributed by atoms with E-state index in [0.29, 0.717) is 17.0 Å². The third-order valence-electron chi connectivity index (χ3n) is 8.26. The molecule has 6 rings (SSSR count). The number of carbonyl (C=O) groups excluding carboxylic acids is 2. The van der Waals surface area contributed by atoms with Crippen LogP contribution < -0.4 is 5.32 Å². The van der Waals surface area contributed by atoms with Crippen molar-refractivity contribution in [1.29, 1.82) is 0 Å². The molecule has 1 aromatic carbocycles. The van der Waals surface area contributed by atoms with Gasteiger partial charge in [-0.2, -0.15) is 0 Å². The number of carbonyl (C=O) groups is 2. The van der Waals surface area contributed by atoms with Crippen molar-refractivity contribution in [3.05, 3.63) is 36.4 Å². The van der Waals surface area contributed by atoms with Crippen molar-refractivity contribution in [3.63, 3.8) is 0 Å². The van der Waals surface area contributed by atoms with Gasteiger partial charge in [-0.05, 0) is 49.8 Å². The first-order chi connectivity index (χ1) is 18.9. The summed E-state index contributed by atoms with van der Waals surface area (Å²) in [4.78, 5) is 42.2. The molecule has 2 aromatic heterocycles. The second-order valence-corrected chi connectivity index (χ2v) is 11.8. The summed E-state index contributed by atoms with van der Waals surface area (Å²) in [6.07, 6.45) is 7.40. The van der Waals surface area contributed by atoms with Gasteiger partial charge >= 0.3 is 0 Å². The van der Waals surface area contributed by atoms with Gasteiger partial charge in [-0.3, -0.25) is 14.5 Å². The third kappa shape index (κ3) is 5.81. The Hall–Kier alpha value is -2.99. The Bertz CT molecular complexity index is 1330. The molecular formula is C28H34N6O4S. The van der Waals surface area contributed by atoms with Gasteiger partial charge < -0.3 is 20.1 Å². The van der Waals surface area contributed by atoms with Crippen LogP contribution in [0.2, 0.25) is 0 Å². The Balaban J connectivity index is 1.02. The van der Waals surface area contributed by atoms with Gasteiger partial charge in [-0.25, -0.2) is 15.0 Å². The summed E-state index contributed by atoms with van der Waals surface area (Å²) < 4.78 is 6.77. The van der Waals surface area contributed by atoms with Gasteiger partial charge in [0.05, 0.1) is 22.4 Å². The minimum Gasteiger partial charge on any atom is -0.390 e. The molecule has 2 amide bonds. The highest BCUT2D eigenvalue weighted by atomic mass is 32.1. The number of aliphatic hydroxyl groups is 1. The number of fused-ring (bicyclic) bond motifs is 1. The van der Waals surface area contributed by atoms with Gasteiger partial charge in [-0.1, -0.05) is 17.4 Å². The van der Waals surface area contributed by atoms with Crippen molar-refractivity contribution in [2.24, 2.45) is 5.92 Å². The molecule has 0 radical (unpaired) electrons. The third-order valence-corrected chi connectivity index (χ3v) is 9.19. The van der Waals surface area contributed by atoms with E-state index in [2.05, 4.69) is 25.2 Å². The molecule has 1 aliphatic heterocycles. The number of amides is 2. The molecule has 0 bridgehead atoms. The lowest BCUT2D eigenvalue weighted by Crippen LogP contribution is -2.56. The fourth-order valence-corrected chi connectivity index (χ4v) is 6.64. The van der Waals surface area contributed by atoms with Gasteiger partial charge in [0, 0.05) is 63.0 Å². The highest BCUT2D eigenvalue weighted by Crippen LogP contribution is 2.35. The molecule has 206 valence electrons. The normalized spacial score (nSPS) is 25.5. The van der Waals surface area contributed by atoms with Gasteiger partial charge in [0.15, 0.2) is 11.0 Å². The number of hydrogen-bond acceptors (Lipinski definition) is 9. The van der Waals surface area contributed by atoms with Crippen molar-refractivity contribution in [2.45, 2.75) is 63.9 Å². The second-order valence-electron chi connectivity index (χ2n) is 10.8. The standard InChI is InChI=1S/C28H34N6O4S/c1-17(35)33-7-9-34(10-8-33)21-11-19(12-21)27(37)32-28-31-22-6-5-18(13-25(22)39-28)20-14-29-26(30-15-20)16-38-24-4-2-3-23(24)36/h5-6,13-15,19,21,23-24,36H,2-4,7-12,16H2,1H3,(H,31,32,37)/t19?,21?,23-,24-/m0/s1. The van der Waals surface area contributed by atoms with Crippen molar-refractivity contribution in [1.82, 2.24) is 24.8 Å². The molecule has 2 N–H and O–H groups in total. The molecule has 2 atom stereocenters. The van der Waals surface area contributed by atoms with Crippen LogP contribution in [0.4, 0.5) is 5.13 Å². The van der Waals surface area contributed by atoms with Crippen molar-refractivity contribution in [2.75, 3.05) is 31.5 Å². The van der Waals surface area contributed by atoms with E-state index in [1.54, 1.807) is 19.3 Å². The maximum absolute atomic E-state index is 12.9. The van der Waals surface area contributed by atoms with E-state index in [-0.39, 0.29) is 30.4 Å². The highest BCUT2D eigenvalue weighted by molar-refractivity contribution is 7.22. The van der Waals surface area contributed by atoms with Crippen LogP contribution in [0.1, 0.15) is 44.9 Å². The summed E-state index contributed by atoms with van der Waals surface area (Å²) in [6, 6.07) is 6.41. The zero-order valence-electron chi connectivity index (χ0n) is 22.1. The number of benzene rings is 1. The molecule has 1 saturated heterocycles. The number of piperazine rings is 1. The highest BCUT2D eigenvalue weighted by Gasteiger charge is 2.39. The summed E-state index contributed by atoms with van der Waals surface area (Å²) in [5, 5.41) is 13.6. The summed E-state index contributed by atoms with van der Waals surface area (Å²) in [5.74, 6) is 0.763. The lowest BCUT2D eigenvalue weighted by atomic mass is 9.78. The van der Waals surface area contributed by atoms with E-state index in [1.165, 1.54) is 11.3 Å². The lowest BCUT2D eigenvalue weighted by Gasteiger charge is -2.45. The Kier molecular flexibility index (Phi) is 7.57. The molecule has 3 heterocycles. The maximum Gasteiger partial charge on any atom is 0.229 e. The Morgan fingerprint density at radius 2 is 1.87 bits per heavy atom. The number of rotatable bonds is 7. The van der Waals surface area contributed by atoms with Gasteiger partial charge in [0.1, 0.15) is 6.61 Å². The molecule has 39 heavy (non-hydrogen) atoms. The molecule has 0 spiro atoms. The molecule has 0 unspecified atom stereocenters. The zero-order chi connectivity index (χ0) is 26.9. The first kappa shape index (κ1) is 26.2. The summed E-state index contributed by atoms with van der Waals surface area (Å²) >= 11 is 1.47. The quantitative estimate of drug-likeness (QED) is 0.461. The first-order valence-electron chi connectivity index (χ1n) is 13.7. The number of hydrogen-bond donors (Lipinski definition) is 2. The zero-order valence-corrected chi connectivity index (χ0v) is 22.9. The van der Waals surface area contributed by atoms with E-state index < -0.39 is 6.10 Å². The minimum absolute atomic E-state index is 0.0000136. The van der Waals surface area contributed by atoms with Gasteiger partial charge in [0.25, 0.3) is 0 Å². The predicted molar refractivity (Wildman–Crippen MR) is 148 cm³/mol. The Morgan fingerprint density at radius 3 is 2.56 bits per heavy atom. The molecular weight excluding hydrogens is 516 g/mol. The molecule has 3 fully saturated rings. The lowest BCUT2D eigenvalue weighted by molar-refractivity contribution is -0.131. The average Bonchev–Trinajstić information content (AvgIpc) is 3.51. The number of nitrogens with zero attached hydrogens (tertiary/aromatic N) is 5. The summed E-state index contributed by atoms with van der Waals surface area (Å²) in [7, 11) is 0. The number of ether oxygens (including phenoxy) is 1. The molecule has 3 aliphatic rings. The van der Waals surface area contributed by atoms with E-state index in [9.17, 15) is 14.7 Å². The summed E-state index contributed by atoms with van der Waals surface area (Å²) in [5.41, 5.74) is 2.72. The van der Waals surface area contributed by atoms with E-state index >= 15 is 0 Å². The van der Waals surface area contributed by atoms with Crippen LogP contribution in [0.5, 0.6) is 0 Å².